The van der Waals surface area contributed by atoms with Gasteiger partial charge in [0.2, 0.25) is 0 Å². The Kier molecular flexibility index (Phi) is 6.96. The maximum absolute atomic E-state index is 11.3. The molecule has 2 atom stereocenters. The Morgan fingerprint density at radius 1 is 1.56 bits per heavy atom. The molecule has 2 N–H and O–H groups in total. The minimum atomic E-state index is -0.759. The average Bonchev–Trinajstić information content (AvgIpc) is 2.14. The first-order valence-electron chi connectivity index (χ1n) is 5.27. The molecule has 0 aromatic carbocycles. The number of hydrogen-bond acceptors (Lipinski definition) is 5. The van der Waals surface area contributed by atoms with Crippen molar-refractivity contribution in [3.05, 3.63) is 12.2 Å². The molecular weight excluding hydrogens is 208 g/mol. The molecule has 0 rings (SSSR count). The summed E-state index contributed by atoms with van der Waals surface area (Å²) in [6.45, 7) is 8.05. The first-order valence-corrected chi connectivity index (χ1v) is 5.27. The molecule has 5 nitrogen and oxygen atoms in total. The number of carbonyl (C=O) groups excluding carboxylic acids is 1. The number of ether oxygens (including phenoxy) is 1. The summed E-state index contributed by atoms with van der Waals surface area (Å²) in [5.41, 5.74) is 0.319. The number of likely N-dealkylation sites (N-methyl/N-ethyl adjacent to an activating group) is 1. The second-order valence-electron chi connectivity index (χ2n) is 4.10. The molecule has 0 spiro atoms. The van der Waals surface area contributed by atoms with E-state index in [9.17, 15) is 9.90 Å². The predicted octanol–water partition coefficient (Wildman–Crippen LogP) is -0.0362. The lowest BCUT2D eigenvalue weighted by Gasteiger charge is -2.22. The van der Waals surface area contributed by atoms with Crippen LogP contribution >= 0.6 is 0 Å². The fourth-order valence-electron chi connectivity index (χ4n) is 0.957. The van der Waals surface area contributed by atoms with Gasteiger partial charge < -0.3 is 14.7 Å². The van der Waals surface area contributed by atoms with Crippen LogP contribution in [0.1, 0.15) is 13.8 Å². The van der Waals surface area contributed by atoms with E-state index in [1.165, 1.54) is 0 Å². The number of rotatable bonds is 7. The summed E-state index contributed by atoms with van der Waals surface area (Å²) < 4.78 is 5.04. The van der Waals surface area contributed by atoms with Crippen LogP contribution in [0.2, 0.25) is 0 Å². The molecule has 2 unspecified atom stereocenters. The van der Waals surface area contributed by atoms with E-state index in [0.29, 0.717) is 12.1 Å². The maximum atomic E-state index is 11.3. The van der Waals surface area contributed by atoms with Gasteiger partial charge in [0, 0.05) is 18.7 Å². The van der Waals surface area contributed by atoms with Crippen LogP contribution in [0.4, 0.5) is 0 Å². The average molecular weight is 230 g/mol. The van der Waals surface area contributed by atoms with Gasteiger partial charge in [-0.1, -0.05) is 6.58 Å². The second kappa shape index (κ2) is 7.38. The Morgan fingerprint density at radius 3 is 2.50 bits per heavy atom. The van der Waals surface area contributed by atoms with Crippen molar-refractivity contribution in [3.63, 3.8) is 0 Å². The molecule has 0 aliphatic heterocycles. The Balaban J connectivity index is 4.08. The lowest BCUT2D eigenvalue weighted by molar-refractivity contribution is -0.152. The van der Waals surface area contributed by atoms with Crippen LogP contribution < -0.4 is 5.32 Å². The zero-order chi connectivity index (χ0) is 12.7. The zero-order valence-corrected chi connectivity index (χ0v) is 10.5. The zero-order valence-electron chi connectivity index (χ0n) is 10.5. The molecule has 0 saturated heterocycles. The normalized spacial score (nSPS) is 14.6. The molecule has 0 aliphatic rings. The van der Waals surface area contributed by atoms with Gasteiger partial charge >= 0.3 is 5.97 Å². The van der Waals surface area contributed by atoms with Crippen molar-refractivity contribution in [1.82, 2.24) is 10.2 Å². The summed E-state index contributed by atoms with van der Waals surface area (Å²) in [5, 5.41) is 12.4. The fourth-order valence-corrected chi connectivity index (χ4v) is 0.957. The third-order valence-corrected chi connectivity index (χ3v) is 1.93. The minimum Gasteiger partial charge on any atom is -0.440 e. The summed E-state index contributed by atoms with van der Waals surface area (Å²) in [4.78, 5) is 13.3. The molecule has 0 aliphatic carbocycles. The molecule has 0 aromatic rings. The van der Waals surface area contributed by atoms with Gasteiger partial charge in [0.05, 0.1) is 0 Å². The van der Waals surface area contributed by atoms with Gasteiger partial charge in [-0.15, -0.1) is 0 Å². The number of nitrogens with one attached hydrogen (secondary N) is 1. The van der Waals surface area contributed by atoms with Crippen molar-refractivity contribution in [3.8, 4) is 0 Å². The van der Waals surface area contributed by atoms with Gasteiger partial charge in [0.15, 0.2) is 6.23 Å². The number of nitrogens with zero attached hydrogens (tertiary/aromatic N) is 1. The van der Waals surface area contributed by atoms with Gasteiger partial charge in [-0.25, -0.2) is 4.79 Å². The van der Waals surface area contributed by atoms with E-state index in [4.69, 9.17) is 4.74 Å². The molecule has 0 aromatic heterocycles. The van der Waals surface area contributed by atoms with Crippen molar-refractivity contribution in [2.75, 3.05) is 27.2 Å². The molecule has 0 saturated carbocycles. The second-order valence-corrected chi connectivity index (χ2v) is 4.10. The van der Waals surface area contributed by atoms with Crippen molar-refractivity contribution in [2.45, 2.75) is 26.2 Å². The fraction of sp³-hybridized carbons (Fsp3) is 0.727. The van der Waals surface area contributed by atoms with Gasteiger partial charge in [-0.05, 0) is 27.9 Å². The van der Waals surface area contributed by atoms with Crippen LogP contribution in [0, 0.1) is 0 Å². The topological polar surface area (TPSA) is 61.8 Å². The van der Waals surface area contributed by atoms with E-state index < -0.39 is 18.3 Å². The smallest absolute Gasteiger partial charge is 0.334 e. The summed E-state index contributed by atoms with van der Waals surface area (Å²) >= 11 is 0. The van der Waals surface area contributed by atoms with Gasteiger partial charge in [-0.2, -0.15) is 0 Å². The maximum Gasteiger partial charge on any atom is 0.334 e. The van der Waals surface area contributed by atoms with Crippen molar-refractivity contribution < 1.29 is 14.6 Å². The number of aliphatic hydroxyl groups excluding tert-OH is 1. The van der Waals surface area contributed by atoms with Crippen LogP contribution in [0.15, 0.2) is 12.2 Å². The van der Waals surface area contributed by atoms with Crippen molar-refractivity contribution >= 4 is 5.97 Å². The van der Waals surface area contributed by atoms with E-state index in [1.807, 2.05) is 19.0 Å². The van der Waals surface area contributed by atoms with Crippen molar-refractivity contribution in [2.24, 2.45) is 0 Å². The molecule has 0 amide bonds. The van der Waals surface area contributed by atoms with E-state index >= 15 is 0 Å². The molecule has 94 valence electrons. The van der Waals surface area contributed by atoms with Crippen LogP contribution in [0.25, 0.3) is 0 Å². The third kappa shape index (κ3) is 6.55. The molecule has 5 heteroatoms. The van der Waals surface area contributed by atoms with Crippen molar-refractivity contribution in [1.29, 1.82) is 0 Å². The largest absolute Gasteiger partial charge is 0.440 e. The number of esters is 1. The Morgan fingerprint density at radius 2 is 2.12 bits per heavy atom. The molecular formula is C11H22N2O3. The van der Waals surface area contributed by atoms with E-state index in [2.05, 4.69) is 11.9 Å². The standard InChI is InChI=1S/C11H22N2O3/c1-8(2)11(15)16-10(9(3)14)12-6-7-13(4)5/h9-10,12,14H,1,6-7H2,2-5H3. The third-order valence-electron chi connectivity index (χ3n) is 1.93. The van der Waals surface area contributed by atoms with E-state index in [-0.39, 0.29) is 0 Å². The Hall–Kier alpha value is -0.910. The summed E-state index contributed by atoms with van der Waals surface area (Å²) in [7, 11) is 3.89. The first kappa shape index (κ1) is 15.1. The molecule has 0 radical (unpaired) electrons. The minimum absolute atomic E-state index is 0.319. The highest BCUT2D eigenvalue weighted by Crippen LogP contribution is 2.00. The first-order chi connectivity index (χ1) is 7.34. The van der Waals surface area contributed by atoms with Gasteiger partial charge in [-0.3, -0.25) is 5.32 Å². The predicted molar refractivity (Wildman–Crippen MR) is 62.9 cm³/mol. The number of hydrogen-bond donors (Lipinski definition) is 2. The lowest BCUT2D eigenvalue weighted by Crippen LogP contribution is -2.44. The highest BCUT2D eigenvalue weighted by Gasteiger charge is 2.19. The summed E-state index contributed by atoms with van der Waals surface area (Å²) in [5.74, 6) is -0.497. The Labute approximate surface area is 97.1 Å². The summed E-state index contributed by atoms with van der Waals surface area (Å²) in [6.07, 6.45) is -1.45. The Bertz CT molecular complexity index is 239. The lowest BCUT2D eigenvalue weighted by atomic mass is 10.3. The molecule has 0 heterocycles. The number of aliphatic hydroxyl groups is 1. The molecule has 0 fully saturated rings. The number of carbonyl (C=O) groups is 1. The van der Waals surface area contributed by atoms with Gasteiger partial charge in [0.1, 0.15) is 6.10 Å². The monoisotopic (exact) mass is 230 g/mol. The van der Waals surface area contributed by atoms with Crippen LogP contribution in [-0.4, -0.2) is 55.5 Å². The van der Waals surface area contributed by atoms with Gasteiger partial charge in [0.25, 0.3) is 0 Å². The molecule has 0 bridgehead atoms. The van der Waals surface area contributed by atoms with Crippen LogP contribution in [-0.2, 0) is 9.53 Å². The summed E-state index contributed by atoms with van der Waals surface area (Å²) in [6, 6.07) is 0. The quantitative estimate of drug-likeness (QED) is 0.365. The van der Waals surface area contributed by atoms with E-state index in [1.54, 1.807) is 13.8 Å². The SMILES string of the molecule is C=C(C)C(=O)OC(NCCN(C)C)C(C)O. The highest BCUT2D eigenvalue weighted by molar-refractivity contribution is 5.87. The highest BCUT2D eigenvalue weighted by atomic mass is 16.6. The van der Waals surface area contributed by atoms with Crippen LogP contribution in [0.3, 0.4) is 0 Å². The van der Waals surface area contributed by atoms with E-state index in [0.717, 1.165) is 6.54 Å². The molecule has 16 heavy (non-hydrogen) atoms. The van der Waals surface area contributed by atoms with Crippen LogP contribution in [0.5, 0.6) is 0 Å².